The van der Waals surface area contributed by atoms with Crippen LogP contribution in [0.2, 0.25) is 0 Å². The number of sulfonamides is 1. The molecule has 0 fully saturated rings. The van der Waals surface area contributed by atoms with Crippen LogP contribution in [0.3, 0.4) is 0 Å². The maximum absolute atomic E-state index is 15.0. The van der Waals surface area contributed by atoms with E-state index in [0.29, 0.717) is 25.3 Å². The van der Waals surface area contributed by atoms with Gasteiger partial charge in [-0.15, -0.1) is 0 Å². The average molecular weight is 472 g/mol. The summed E-state index contributed by atoms with van der Waals surface area (Å²) in [5.74, 6) is -0.467. The number of methoxy groups -OCH3 is 1. The van der Waals surface area contributed by atoms with Crippen LogP contribution in [-0.4, -0.2) is 48.8 Å². The fourth-order valence-corrected chi connectivity index (χ4v) is 3.94. The third kappa shape index (κ3) is 5.08. The molecule has 12 heteroatoms. The summed E-state index contributed by atoms with van der Waals surface area (Å²) in [4.78, 5) is 10.1. The number of benzene rings is 2. The molecule has 2 aromatic carbocycles. The zero-order valence-electron chi connectivity index (χ0n) is 17.7. The quantitative estimate of drug-likeness (QED) is 0.317. The number of H-pyrrole nitrogens is 1. The normalized spacial score (nSPS) is 11.6. The number of nitrogens with one attached hydrogen (secondary N) is 2. The van der Waals surface area contributed by atoms with Gasteiger partial charge < -0.3 is 15.0 Å². The summed E-state index contributed by atoms with van der Waals surface area (Å²) in [7, 11) is -2.28. The fraction of sp³-hybridized carbons (Fsp3) is 0.190. The molecule has 0 unspecified atom stereocenters. The molecular formula is C21H22FN7O3S. The molecular weight excluding hydrogens is 449 g/mol. The molecule has 0 aliphatic rings. The molecule has 0 saturated heterocycles. The number of nitrogens with zero attached hydrogens (tertiary/aromatic N) is 4. The Hall–Kier alpha value is -3.61. The van der Waals surface area contributed by atoms with Crippen molar-refractivity contribution in [1.82, 2.24) is 20.2 Å². The summed E-state index contributed by atoms with van der Waals surface area (Å²) in [5, 5.41) is 15.9. The zero-order valence-corrected chi connectivity index (χ0v) is 18.5. The van der Waals surface area contributed by atoms with E-state index in [4.69, 9.17) is 9.88 Å². The van der Waals surface area contributed by atoms with Gasteiger partial charge in [0.15, 0.2) is 11.6 Å². The van der Waals surface area contributed by atoms with E-state index in [2.05, 4.69) is 25.5 Å². The van der Waals surface area contributed by atoms with Crippen molar-refractivity contribution >= 4 is 44.1 Å². The zero-order chi connectivity index (χ0) is 23.4. The van der Waals surface area contributed by atoms with E-state index in [9.17, 15) is 12.8 Å². The van der Waals surface area contributed by atoms with Gasteiger partial charge in [0.05, 0.1) is 28.5 Å². The summed E-state index contributed by atoms with van der Waals surface area (Å²) < 4.78 is 43.4. The first-order valence-electron chi connectivity index (χ1n) is 9.98. The van der Waals surface area contributed by atoms with Gasteiger partial charge in [-0.05, 0) is 36.8 Å². The van der Waals surface area contributed by atoms with Gasteiger partial charge in [-0.1, -0.05) is 12.1 Å². The second-order valence-corrected chi connectivity index (χ2v) is 8.73. The summed E-state index contributed by atoms with van der Waals surface area (Å²) in [6.45, 7) is 0.905. The number of halogens is 1. The smallest absolute Gasteiger partial charge is 0.238 e. The highest BCUT2D eigenvalue weighted by atomic mass is 32.2. The van der Waals surface area contributed by atoms with Crippen LogP contribution < -0.4 is 15.4 Å². The second-order valence-electron chi connectivity index (χ2n) is 7.17. The number of nitrogens with two attached hydrogens (primary N) is 1. The van der Waals surface area contributed by atoms with Crippen molar-refractivity contribution in [3.05, 3.63) is 60.7 Å². The third-order valence-electron chi connectivity index (χ3n) is 4.88. The van der Waals surface area contributed by atoms with E-state index in [1.165, 1.54) is 18.2 Å². The summed E-state index contributed by atoms with van der Waals surface area (Å²) in [5.41, 5.74) is 1.91. The molecule has 0 saturated carbocycles. The second kappa shape index (κ2) is 9.48. The van der Waals surface area contributed by atoms with Crippen LogP contribution in [0.1, 0.15) is 6.42 Å². The van der Waals surface area contributed by atoms with Crippen LogP contribution in [-0.2, 0) is 14.8 Å². The molecule has 0 aliphatic carbocycles. The maximum atomic E-state index is 15.0. The number of anilines is 4. The molecule has 4 N–H and O–H groups in total. The van der Waals surface area contributed by atoms with Gasteiger partial charge in [0, 0.05) is 31.3 Å². The SMILES string of the molecule is COCCCN(c1nc(Nc2cccc(S(N)(=O)=O)c2)ncc1F)c1cccc2[nH]ncc12. The summed E-state index contributed by atoms with van der Waals surface area (Å²) >= 11 is 0. The number of fused-ring (bicyclic) bond motifs is 1. The first-order valence-corrected chi connectivity index (χ1v) is 11.5. The lowest BCUT2D eigenvalue weighted by Gasteiger charge is -2.25. The van der Waals surface area contributed by atoms with Crippen LogP contribution >= 0.6 is 0 Å². The highest BCUT2D eigenvalue weighted by molar-refractivity contribution is 7.89. The lowest BCUT2D eigenvalue weighted by atomic mass is 10.2. The van der Waals surface area contributed by atoms with Crippen molar-refractivity contribution in [2.24, 2.45) is 5.14 Å². The third-order valence-corrected chi connectivity index (χ3v) is 5.79. The molecule has 2 aromatic heterocycles. The molecule has 172 valence electrons. The van der Waals surface area contributed by atoms with Crippen LogP contribution in [0.4, 0.5) is 27.5 Å². The molecule has 0 atom stereocenters. The van der Waals surface area contributed by atoms with Crippen LogP contribution in [0.5, 0.6) is 0 Å². The molecule has 33 heavy (non-hydrogen) atoms. The Morgan fingerprint density at radius 3 is 2.82 bits per heavy atom. The fourth-order valence-electron chi connectivity index (χ4n) is 3.38. The predicted octanol–water partition coefficient (Wildman–Crippen LogP) is 3.06. The monoisotopic (exact) mass is 471 g/mol. The molecule has 0 amide bonds. The number of hydrogen-bond acceptors (Lipinski definition) is 8. The first-order chi connectivity index (χ1) is 15.9. The van der Waals surface area contributed by atoms with Gasteiger partial charge in [0.2, 0.25) is 16.0 Å². The van der Waals surface area contributed by atoms with E-state index >= 15 is 0 Å². The van der Waals surface area contributed by atoms with Gasteiger partial charge in [-0.25, -0.2) is 22.9 Å². The Kier molecular flexibility index (Phi) is 6.49. The van der Waals surface area contributed by atoms with Crippen LogP contribution in [0.15, 0.2) is 59.8 Å². The lowest BCUT2D eigenvalue weighted by Crippen LogP contribution is -2.23. The molecule has 0 aliphatic heterocycles. The number of rotatable bonds is 9. The minimum absolute atomic E-state index is 0.0555. The van der Waals surface area contributed by atoms with Crippen molar-refractivity contribution in [2.45, 2.75) is 11.3 Å². The lowest BCUT2D eigenvalue weighted by molar-refractivity contribution is 0.196. The molecule has 0 spiro atoms. The molecule has 4 rings (SSSR count). The average Bonchev–Trinajstić information content (AvgIpc) is 3.27. The van der Waals surface area contributed by atoms with E-state index in [1.807, 2.05) is 18.2 Å². The highest BCUT2D eigenvalue weighted by Gasteiger charge is 2.20. The van der Waals surface area contributed by atoms with Gasteiger partial charge in [-0.3, -0.25) is 5.10 Å². The Labute approximate surface area is 189 Å². The van der Waals surface area contributed by atoms with Crippen LogP contribution in [0, 0.1) is 5.82 Å². The van der Waals surface area contributed by atoms with Crippen molar-refractivity contribution in [3.63, 3.8) is 0 Å². The number of ether oxygens (including phenoxy) is 1. The van der Waals surface area contributed by atoms with Crippen molar-refractivity contribution in [3.8, 4) is 0 Å². The van der Waals surface area contributed by atoms with Gasteiger partial charge in [0.1, 0.15) is 0 Å². The first kappa shape index (κ1) is 22.6. The topological polar surface area (TPSA) is 139 Å². The van der Waals surface area contributed by atoms with Crippen molar-refractivity contribution in [2.75, 3.05) is 30.5 Å². The molecule has 2 heterocycles. The number of primary sulfonamides is 1. The number of aromatic nitrogens is 4. The maximum Gasteiger partial charge on any atom is 0.238 e. The van der Waals surface area contributed by atoms with Crippen molar-refractivity contribution < 1.29 is 17.5 Å². The Bertz CT molecular complexity index is 1380. The van der Waals surface area contributed by atoms with Crippen LogP contribution in [0.25, 0.3) is 10.9 Å². The molecule has 0 bridgehead atoms. The largest absolute Gasteiger partial charge is 0.385 e. The minimum atomic E-state index is -3.88. The Morgan fingerprint density at radius 1 is 1.21 bits per heavy atom. The molecule has 4 aromatic rings. The Morgan fingerprint density at radius 2 is 2.03 bits per heavy atom. The number of hydrogen-bond donors (Lipinski definition) is 3. The van der Waals surface area contributed by atoms with Crippen molar-refractivity contribution in [1.29, 1.82) is 0 Å². The van der Waals surface area contributed by atoms with Gasteiger partial charge in [0.25, 0.3) is 0 Å². The van der Waals surface area contributed by atoms with E-state index in [-0.39, 0.29) is 16.7 Å². The van der Waals surface area contributed by atoms with E-state index in [1.54, 1.807) is 24.3 Å². The highest BCUT2D eigenvalue weighted by Crippen LogP contribution is 2.32. The van der Waals surface area contributed by atoms with Gasteiger partial charge >= 0.3 is 0 Å². The number of aromatic amines is 1. The predicted molar refractivity (Wildman–Crippen MR) is 123 cm³/mol. The standard InChI is InChI=1S/C21H22FN7O3S/c1-32-10-4-9-29(19-8-3-7-18-16(19)12-25-28-18)20-17(22)13-24-21(27-20)26-14-5-2-6-15(11-14)33(23,30)31/h2-3,5-8,11-13H,4,9-10H2,1H3,(H,25,28)(H2,23,30,31)(H,24,26,27). The molecule has 10 nitrogen and oxygen atoms in total. The van der Waals surface area contributed by atoms with E-state index in [0.717, 1.165) is 22.8 Å². The summed E-state index contributed by atoms with van der Waals surface area (Å²) in [6.07, 6.45) is 3.35. The Balaban J connectivity index is 1.72. The minimum Gasteiger partial charge on any atom is -0.385 e. The molecule has 0 radical (unpaired) electrons. The summed E-state index contributed by atoms with van der Waals surface area (Å²) in [6, 6.07) is 11.5. The van der Waals surface area contributed by atoms with Gasteiger partial charge in [-0.2, -0.15) is 10.1 Å². The van der Waals surface area contributed by atoms with E-state index < -0.39 is 15.8 Å².